The van der Waals surface area contributed by atoms with E-state index < -0.39 is 4.92 Å². The lowest BCUT2D eigenvalue weighted by Gasteiger charge is -2.07. The molecular formula is C14H15N3O4. The summed E-state index contributed by atoms with van der Waals surface area (Å²) in [5.74, 6) is -0.266. The molecule has 0 radical (unpaired) electrons. The number of carbonyl (C=O) groups excluding carboxylic acids is 1. The summed E-state index contributed by atoms with van der Waals surface area (Å²) in [7, 11) is 1.36. The first kappa shape index (κ1) is 14.7. The van der Waals surface area contributed by atoms with E-state index in [0.717, 1.165) is 11.3 Å². The van der Waals surface area contributed by atoms with Crippen molar-refractivity contribution in [3.8, 4) is 0 Å². The zero-order valence-electron chi connectivity index (χ0n) is 11.6. The molecule has 0 unspecified atom stereocenters. The zero-order chi connectivity index (χ0) is 15.2. The van der Waals surface area contributed by atoms with Crippen molar-refractivity contribution in [2.45, 2.75) is 19.4 Å². The third-order valence-electron chi connectivity index (χ3n) is 3.11. The summed E-state index contributed by atoms with van der Waals surface area (Å²) in [6.45, 7) is 0.550. The first-order valence-corrected chi connectivity index (χ1v) is 6.39. The van der Waals surface area contributed by atoms with Gasteiger partial charge in [0.2, 0.25) is 0 Å². The molecule has 0 bridgehead atoms. The number of non-ortho nitro benzene ring substituents is 1. The quantitative estimate of drug-likeness (QED) is 0.461. The molecule has 0 N–H and O–H groups in total. The highest BCUT2D eigenvalue weighted by Gasteiger charge is 2.08. The van der Waals surface area contributed by atoms with Gasteiger partial charge in [-0.2, -0.15) is 0 Å². The number of hydrogen-bond acceptors (Lipinski definition) is 5. The largest absolute Gasteiger partial charge is 0.469 e. The van der Waals surface area contributed by atoms with E-state index in [9.17, 15) is 14.9 Å². The van der Waals surface area contributed by atoms with Crippen LogP contribution in [0, 0.1) is 10.1 Å². The second-order valence-corrected chi connectivity index (χ2v) is 4.51. The second kappa shape index (κ2) is 6.65. The highest BCUT2D eigenvalue weighted by molar-refractivity contribution is 5.69. The number of nitro benzene ring substituents is 1. The Morgan fingerprint density at radius 1 is 1.38 bits per heavy atom. The number of aryl methyl sites for hydroxylation is 1. The molecule has 0 aliphatic carbocycles. The number of aromatic nitrogens is 2. The predicted octanol–water partition coefficient (Wildman–Crippen LogP) is 1.95. The first-order valence-electron chi connectivity index (χ1n) is 6.39. The Morgan fingerprint density at radius 2 is 2.10 bits per heavy atom. The van der Waals surface area contributed by atoms with E-state index in [-0.39, 0.29) is 11.7 Å². The number of benzene rings is 1. The third kappa shape index (κ3) is 3.88. The van der Waals surface area contributed by atoms with E-state index >= 15 is 0 Å². The van der Waals surface area contributed by atoms with E-state index in [4.69, 9.17) is 0 Å². The fourth-order valence-electron chi connectivity index (χ4n) is 1.95. The first-order chi connectivity index (χ1) is 10.1. The van der Waals surface area contributed by atoms with Crippen LogP contribution < -0.4 is 0 Å². The van der Waals surface area contributed by atoms with E-state index in [1.54, 1.807) is 24.7 Å². The van der Waals surface area contributed by atoms with Crippen molar-refractivity contribution in [2.75, 3.05) is 7.11 Å². The Hall–Kier alpha value is -2.70. The Kier molecular flexibility index (Phi) is 4.65. The van der Waals surface area contributed by atoms with Gasteiger partial charge in [-0.1, -0.05) is 12.1 Å². The summed E-state index contributed by atoms with van der Waals surface area (Å²) < 4.78 is 6.52. The molecule has 0 saturated carbocycles. The molecule has 0 spiro atoms. The minimum atomic E-state index is -0.428. The Morgan fingerprint density at radius 3 is 2.71 bits per heavy atom. The number of ether oxygens (including phenoxy) is 1. The van der Waals surface area contributed by atoms with Crippen molar-refractivity contribution >= 4 is 11.7 Å². The number of rotatable bonds is 6. The molecule has 2 rings (SSSR count). The van der Waals surface area contributed by atoms with E-state index in [1.165, 1.54) is 19.2 Å². The van der Waals surface area contributed by atoms with Crippen LogP contribution in [0.3, 0.4) is 0 Å². The minimum absolute atomic E-state index is 0.0651. The maximum atomic E-state index is 11.2. The van der Waals surface area contributed by atoms with E-state index in [2.05, 4.69) is 9.72 Å². The van der Waals surface area contributed by atoms with Gasteiger partial charge >= 0.3 is 5.97 Å². The van der Waals surface area contributed by atoms with Crippen LogP contribution in [-0.2, 0) is 22.5 Å². The summed E-state index contributed by atoms with van der Waals surface area (Å²) in [5, 5.41) is 10.6. The molecule has 110 valence electrons. The van der Waals surface area contributed by atoms with Crippen molar-refractivity contribution in [3.63, 3.8) is 0 Å². The van der Waals surface area contributed by atoms with Gasteiger partial charge in [-0.3, -0.25) is 14.9 Å². The summed E-state index contributed by atoms with van der Waals surface area (Å²) in [6.07, 6.45) is 4.21. The van der Waals surface area contributed by atoms with Gasteiger partial charge in [0.1, 0.15) is 0 Å². The highest BCUT2D eigenvalue weighted by Crippen LogP contribution is 2.14. The molecule has 0 saturated heterocycles. The lowest BCUT2D eigenvalue weighted by Crippen LogP contribution is -2.07. The number of nitro groups is 1. The van der Waals surface area contributed by atoms with Crippen LogP contribution in [-0.4, -0.2) is 27.6 Å². The predicted molar refractivity (Wildman–Crippen MR) is 74.8 cm³/mol. The van der Waals surface area contributed by atoms with Crippen LogP contribution in [0.1, 0.15) is 17.7 Å². The van der Waals surface area contributed by atoms with Crippen LogP contribution >= 0.6 is 0 Å². The molecule has 0 aliphatic heterocycles. The molecule has 1 heterocycles. The van der Waals surface area contributed by atoms with Gasteiger partial charge in [-0.15, -0.1) is 0 Å². The summed E-state index contributed by atoms with van der Waals surface area (Å²) >= 11 is 0. The number of nitrogens with zero attached hydrogens (tertiary/aromatic N) is 3. The van der Waals surface area contributed by atoms with Crippen LogP contribution in [0.2, 0.25) is 0 Å². The third-order valence-corrected chi connectivity index (χ3v) is 3.11. The second-order valence-electron chi connectivity index (χ2n) is 4.51. The van der Waals surface area contributed by atoms with Crippen molar-refractivity contribution in [1.82, 2.24) is 9.55 Å². The van der Waals surface area contributed by atoms with Crippen molar-refractivity contribution in [1.29, 1.82) is 0 Å². The highest BCUT2D eigenvalue weighted by atomic mass is 16.6. The molecule has 21 heavy (non-hydrogen) atoms. The Balaban J connectivity index is 2.04. The molecular weight excluding hydrogens is 274 g/mol. The minimum Gasteiger partial charge on any atom is -0.469 e. The number of esters is 1. The Bertz CT molecular complexity index is 634. The fraction of sp³-hybridized carbons (Fsp3) is 0.286. The van der Waals surface area contributed by atoms with Gasteiger partial charge < -0.3 is 9.30 Å². The van der Waals surface area contributed by atoms with Gasteiger partial charge in [0.15, 0.2) is 0 Å². The number of imidazole rings is 1. The lowest BCUT2D eigenvalue weighted by molar-refractivity contribution is -0.384. The van der Waals surface area contributed by atoms with Crippen molar-refractivity contribution < 1.29 is 14.5 Å². The molecule has 0 aliphatic rings. The van der Waals surface area contributed by atoms with E-state index in [0.29, 0.717) is 19.4 Å². The monoisotopic (exact) mass is 289 g/mol. The normalized spacial score (nSPS) is 10.3. The molecule has 0 fully saturated rings. The Labute approximate surface area is 121 Å². The van der Waals surface area contributed by atoms with Gasteiger partial charge in [0, 0.05) is 30.6 Å². The average molecular weight is 289 g/mol. The lowest BCUT2D eigenvalue weighted by atomic mass is 10.2. The molecule has 0 atom stereocenters. The molecule has 1 aromatic heterocycles. The summed E-state index contributed by atoms with van der Waals surface area (Å²) in [6, 6.07) is 6.37. The topological polar surface area (TPSA) is 87.3 Å². The molecule has 7 nitrogen and oxygen atoms in total. The van der Waals surface area contributed by atoms with Gasteiger partial charge in [-0.25, -0.2) is 4.98 Å². The smallest absolute Gasteiger partial charge is 0.305 e. The van der Waals surface area contributed by atoms with Crippen LogP contribution in [0.4, 0.5) is 5.69 Å². The van der Waals surface area contributed by atoms with Crippen LogP contribution in [0.5, 0.6) is 0 Å². The molecule has 0 amide bonds. The van der Waals surface area contributed by atoms with E-state index in [1.807, 2.05) is 4.57 Å². The maximum absolute atomic E-state index is 11.2. The van der Waals surface area contributed by atoms with Crippen molar-refractivity contribution in [2.24, 2.45) is 0 Å². The van der Waals surface area contributed by atoms with Crippen molar-refractivity contribution in [3.05, 3.63) is 58.2 Å². The average Bonchev–Trinajstić information content (AvgIpc) is 2.92. The summed E-state index contributed by atoms with van der Waals surface area (Å²) in [5.41, 5.74) is 1.91. The fourth-order valence-corrected chi connectivity index (χ4v) is 1.95. The maximum Gasteiger partial charge on any atom is 0.305 e. The number of methoxy groups -OCH3 is 1. The zero-order valence-corrected chi connectivity index (χ0v) is 11.6. The molecule has 1 aromatic carbocycles. The summed E-state index contributed by atoms with van der Waals surface area (Å²) in [4.78, 5) is 25.4. The van der Waals surface area contributed by atoms with Crippen LogP contribution in [0.25, 0.3) is 0 Å². The SMILES string of the molecule is COC(=O)CCc1cncn1Cc1ccc([N+](=O)[O-])cc1. The molecule has 2 aromatic rings. The standard InChI is InChI=1S/C14H15N3O4/c1-21-14(18)7-6-13-8-15-10-16(13)9-11-2-4-12(5-3-11)17(19)20/h2-5,8,10H,6-7,9H2,1H3. The molecule has 7 heteroatoms. The van der Waals surface area contributed by atoms with Gasteiger partial charge in [0.05, 0.1) is 24.8 Å². The number of carbonyl (C=O) groups is 1. The van der Waals surface area contributed by atoms with Gasteiger partial charge in [0.25, 0.3) is 5.69 Å². The van der Waals surface area contributed by atoms with Crippen LogP contribution in [0.15, 0.2) is 36.8 Å². The number of hydrogen-bond donors (Lipinski definition) is 0. The van der Waals surface area contributed by atoms with Gasteiger partial charge in [-0.05, 0) is 12.0 Å².